The van der Waals surface area contributed by atoms with E-state index in [0.717, 1.165) is 37.0 Å². The summed E-state index contributed by atoms with van der Waals surface area (Å²) in [7, 11) is 0. The van der Waals surface area contributed by atoms with Crippen LogP contribution in [-0.2, 0) is 0 Å². The normalized spacial score (nSPS) is 22.2. The molecule has 0 amide bonds. The van der Waals surface area contributed by atoms with E-state index >= 15 is 0 Å². The highest BCUT2D eigenvalue weighted by Crippen LogP contribution is 2.50. The van der Waals surface area contributed by atoms with Gasteiger partial charge in [-0.2, -0.15) is 26.3 Å². The van der Waals surface area contributed by atoms with Gasteiger partial charge in [0.25, 0.3) is 0 Å². The van der Waals surface area contributed by atoms with E-state index in [-0.39, 0.29) is 40.9 Å². The number of hydrogen-bond acceptors (Lipinski definition) is 0. The van der Waals surface area contributed by atoms with Gasteiger partial charge in [0.2, 0.25) is 0 Å². The minimum Gasteiger partial charge on any atom is -0.171 e. The van der Waals surface area contributed by atoms with Gasteiger partial charge < -0.3 is 0 Å². The molecule has 4 aliphatic rings. The van der Waals surface area contributed by atoms with Crippen LogP contribution in [0.4, 0.5) is 26.3 Å². The van der Waals surface area contributed by atoms with Crippen LogP contribution in [0.1, 0.15) is 303 Å². The molecule has 0 heterocycles. The third kappa shape index (κ3) is 68.6. The molecule has 2 unspecified atom stereocenters. The molecule has 0 radical (unpaired) electrons. The highest BCUT2D eigenvalue weighted by Gasteiger charge is 2.36. The van der Waals surface area contributed by atoms with Gasteiger partial charge in [-0.15, -0.1) is 0 Å². The first kappa shape index (κ1) is 55.9. The second kappa shape index (κ2) is 39.7. The molecule has 4 saturated carbocycles. The molecule has 62 heavy (non-hydrogen) atoms. The van der Waals surface area contributed by atoms with Crippen molar-refractivity contribution in [3.05, 3.63) is 0 Å². The summed E-state index contributed by atoms with van der Waals surface area (Å²) < 4.78 is 120. The fraction of sp³-hybridized carbons (Fsp3) is 1.00. The van der Waals surface area contributed by atoms with Crippen molar-refractivity contribution < 1.29 is 35.9 Å². The van der Waals surface area contributed by atoms with Crippen molar-refractivity contribution in [3.63, 3.8) is 0 Å². The van der Waals surface area contributed by atoms with Crippen LogP contribution in [0, 0.1) is 57.6 Å². The summed E-state index contributed by atoms with van der Waals surface area (Å²) in [5, 5.41) is 0. The van der Waals surface area contributed by atoms with Crippen LogP contribution in [0.2, 0.25) is 0 Å². The van der Waals surface area contributed by atoms with Gasteiger partial charge in [0.05, 0.1) is 0 Å². The highest BCUT2D eigenvalue weighted by atomic mass is 19.4. The molecule has 0 aromatic heterocycles. The SMILES string of the molecule is CC(C)(C)C.CC1CCC2(CCCC2)CC1.CCC(C)CC(F)(F)F.CCC(C)CC(F)(F)F.[2H]C(C)(C)C.[2H]C([2H])(C)C(C)(C)C.[2H]C([2H])(C)C(C)C.[2H]C1(C)CCCC1.[2H]C1(C)CCCCC1. The summed E-state index contributed by atoms with van der Waals surface area (Å²) in [6.07, 6.45) is 13.1. The number of alkyl halides is 6. The van der Waals surface area contributed by atoms with Gasteiger partial charge in [0.1, 0.15) is 0 Å². The van der Waals surface area contributed by atoms with E-state index in [4.69, 9.17) is 9.60 Å². The molecule has 4 aliphatic carbocycles. The standard InChI is InChI=1S/C11H20.C7H14.2C6H11F3.C6H12.C6H14.2C5H12.C4H10/c1-10-4-8-11(9-5-10)6-2-3-7-11;1-7-5-3-2-4-6-7;2*1-3-5(2)4-6(7,8)9;1-6-4-2-3-5-6;1-5-6(2,3)4;1-5(2,3)4;1-4-5(2)3;1-4(2)3/h10H,2-9H2,1H3;7H,2-6H2,1H3;2*5H,3-4H2,1-2H3;6H,2-5H2,1H3;5H2,1-4H3;1-4H3;5H,4H2,1-3H3;4H,1-3H3/i;7D;;;6D;5D2;;4D2;4D. The Balaban J connectivity index is -0.000000225. The molecule has 0 aliphatic heterocycles. The van der Waals surface area contributed by atoms with Crippen molar-refractivity contribution >= 4 is 0 Å². The van der Waals surface area contributed by atoms with Crippen LogP contribution in [0.15, 0.2) is 0 Å². The van der Waals surface area contributed by atoms with Crippen molar-refractivity contribution in [3.8, 4) is 0 Å². The molecule has 1 spiro atoms. The lowest BCUT2D eigenvalue weighted by molar-refractivity contribution is -0.144. The van der Waals surface area contributed by atoms with Crippen LogP contribution in [0.3, 0.4) is 0 Å². The lowest BCUT2D eigenvalue weighted by atomic mass is 9.70. The van der Waals surface area contributed by atoms with E-state index in [1.807, 2.05) is 69.2 Å². The van der Waals surface area contributed by atoms with E-state index in [1.165, 1.54) is 57.8 Å². The predicted octanol–water partition coefficient (Wildman–Crippen LogP) is 22.7. The summed E-state index contributed by atoms with van der Waals surface area (Å²) in [4.78, 5) is 0. The van der Waals surface area contributed by atoms with Crippen molar-refractivity contribution in [1.82, 2.24) is 0 Å². The zero-order chi connectivity index (χ0) is 56.2. The minimum atomic E-state index is -3.98. The van der Waals surface area contributed by atoms with Crippen LogP contribution in [0.5, 0.6) is 0 Å². The minimum absolute atomic E-state index is 0.0556. The molecule has 6 heteroatoms. The molecule has 382 valence electrons. The van der Waals surface area contributed by atoms with E-state index in [9.17, 15) is 26.3 Å². The third-order valence-corrected chi connectivity index (χ3v) is 11.0. The molecule has 0 N–H and O–H groups in total. The Kier molecular flexibility index (Phi) is 35.8. The predicted molar refractivity (Wildman–Crippen MR) is 269 cm³/mol. The molecular weight excluding hydrogens is 787 g/mol. The maximum Gasteiger partial charge on any atom is 0.389 e. The van der Waals surface area contributed by atoms with Crippen LogP contribution in [-0.4, -0.2) is 12.4 Å². The van der Waals surface area contributed by atoms with Crippen molar-refractivity contribution in [2.75, 3.05) is 0 Å². The average Bonchev–Trinajstić information content (AvgIpc) is 3.75. The van der Waals surface area contributed by atoms with Crippen molar-refractivity contribution in [1.29, 1.82) is 0 Å². The number of halogens is 6. The zero-order valence-electron chi connectivity index (χ0n) is 52.4. The monoisotopic (exact) mass is 910 g/mol. The van der Waals surface area contributed by atoms with Gasteiger partial charge in [-0.25, -0.2) is 0 Å². The molecule has 2 atom stereocenters. The quantitative estimate of drug-likeness (QED) is 0.241. The second-order valence-corrected chi connectivity index (χ2v) is 22.7. The van der Waals surface area contributed by atoms with Gasteiger partial charge in [-0.1, -0.05) is 254 Å². The van der Waals surface area contributed by atoms with Gasteiger partial charge in [-0.3, -0.25) is 0 Å². The Labute approximate surface area is 398 Å². The van der Waals surface area contributed by atoms with Gasteiger partial charge in [0.15, 0.2) is 0 Å². The Hall–Kier alpha value is -0.420. The number of hydrogen-bond donors (Lipinski definition) is 0. The lowest BCUT2D eigenvalue weighted by Crippen LogP contribution is -2.23. The van der Waals surface area contributed by atoms with Crippen molar-refractivity contribution in [2.24, 2.45) is 57.6 Å². The summed E-state index contributed by atoms with van der Waals surface area (Å²) >= 11 is 0. The molecule has 0 bridgehead atoms. The van der Waals surface area contributed by atoms with Gasteiger partial charge in [0, 0.05) is 22.4 Å². The first-order chi connectivity index (χ1) is 30.3. The fourth-order valence-electron chi connectivity index (χ4n) is 6.21. The molecule has 0 nitrogen and oxygen atoms in total. The third-order valence-electron chi connectivity index (χ3n) is 11.0. The molecule has 0 saturated heterocycles. The van der Waals surface area contributed by atoms with E-state index < -0.39 is 37.9 Å². The van der Waals surface area contributed by atoms with Gasteiger partial charge >= 0.3 is 12.4 Å². The number of rotatable bonds is 5. The Morgan fingerprint density at radius 2 is 0.790 bits per heavy atom. The zero-order valence-corrected chi connectivity index (χ0v) is 45.4. The largest absolute Gasteiger partial charge is 0.389 e. The maximum absolute atomic E-state index is 11.5. The lowest BCUT2D eigenvalue weighted by Gasteiger charge is -2.36. The first-order valence-corrected chi connectivity index (χ1v) is 25.0. The Morgan fingerprint density at radius 1 is 0.532 bits per heavy atom. The summed E-state index contributed by atoms with van der Waals surface area (Å²) in [5.74, 6) is 0.321. The average molecular weight is 911 g/mol. The van der Waals surface area contributed by atoms with Crippen LogP contribution < -0.4 is 0 Å². The molecular formula is C56H116F6. The second-order valence-electron chi connectivity index (χ2n) is 22.7. The maximum atomic E-state index is 11.5. The highest BCUT2D eigenvalue weighted by molar-refractivity contribution is 4.88. The molecule has 0 aromatic carbocycles. The van der Waals surface area contributed by atoms with Crippen LogP contribution >= 0.6 is 0 Å². The van der Waals surface area contributed by atoms with E-state index in [0.29, 0.717) is 18.3 Å². The van der Waals surface area contributed by atoms with Crippen molar-refractivity contribution in [2.45, 2.75) is 305 Å². The summed E-state index contributed by atoms with van der Waals surface area (Å²) in [6.45, 7) is 40.2. The molecule has 4 fully saturated rings. The molecule has 4 rings (SSSR count). The molecule has 0 aromatic rings. The van der Waals surface area contributed by atoms with Crippen LogP contribution in [0.25, 0.3) is 0 Å². The summed E-state index contributed by atoms with van der Waals surface area (Å²) in [5.41, 5.74) is 1.12. The van der Waals surface area contributed by atoms with E-state index in [2.05, 4.69) is 34.6 Å². The topological polar surface area (TPSA) is 0 Å². The summed E-state index contributed by atoms with van der Waals surface area (Å²) in [6, 6.07) is 0. The Morgan fingerprint density at radius 3 is 0.952 bits per heavy atom. The first-order valence-electron chi connectivity index (χ1n) is 28.5. The smallest absolute Gasteiger partial charge is 0.171 e. The Bertz CT molecular complexity index is 1110. The van der Waals surface area contributed by atoms with E-state index in [1.54, 1.807) is 67.2 Å². The fourth-order valence-corrected chi connectivity index (χ4v) is 6.21. The van der Waals surface area contributed by atoms with Gasteiger partial charge in [-0.05, 0) is 83.3 Å².